The molecular formula is C27H28N6O5. The molecule has 38 heavy (non-hydrogen) atoms. The van der Waals surface area contributed by atoms with E-state index in [1.165, 1.54) is 0 Å². The molecule has 3 N–H and O–H groups in total. The van der Waals surface area contributed by atoms with Crippen molar-refractivity contribution in [3.63, 3.8) is 0 Å². The lowest BCUT2D eigenvalue weighted by molar-refractivity contribution is -0.147. The van der Waals surface area contributed by atoms with Gasteiger partial charge in [-0.05, 0) is 57.0 Å². The first-order valence-corrected chi connectivity index (χ1v) is 12.5. The standard InChI is InChI=1S/C27H28N6O5/c1-15-19(14-29-27-28-12-11-21(32-27)23-8-5-13-37-23)24(38-33-15)22-10-9-20(16(2)30-22)31-25(34)17-6-3-4-7-18(17)26(35)36/h5,8-13,17-18H,3-4,6-7,14H2,1-2H3,(H,31,34)(H,35,36)(H,28,29,32)/t17-,18-/m0/s1. The average molecular weight is 517 g/mol. The van der Waals surface area contributed by atoms with Crippen LogP contribution in [0.15, 0.2) is 51.7 Å². The summed E-state index contributed by atoms with van der Waals surface area (Å²) in [6.07, 6.45) is 5.99. The van der Waals surface area contributed by atoms with E-state index in [2.05, 4.69) is 30.7 Å². The Labute approximate surface area is 218 Å². The van der Waals surface area contributed by atoms with Gasteiger partial charge in [-0.25, -0.2) is 15.0 Å². The zero-order chi connectivity index (χ0) is 26.6. The number of furan rings is 1. The molecule has 1 aliphatic carbocycles. The fraction of sp³-hybridized carbons (Fsp3) is 0.333. The Morgan fingerprint density at radius 1 is 1.03 bits per heavy atom. The third kappa shape index (κ3) is 5.26. The summed E-state index contributed by atoms with van der Waals surface area (Å²) in [5.41, 5.74) is 3.83. The van der Waals surface area contributed by atoms with E-state index in [-0.39, 0.29) is 5.91 Å². The van der Waals surface area contributed by atoms with Gasteiger partial charge in [0.05, 0.1) is 35.2 Å². The highest BCUT2D eigenvalue weighted by atomic mass is 16.5. The van der Waals surface area contributed by atoms with Crippen molar-refractivity contribution in [3.8, 4) is 22.9 Å². The summed E-state index contributed by atoms with van der Waals surface area (Å²) in [7, 11) is 0. The normalized spacial score (nSPS) is 17.2. The fourth-order valence-electron chi connectivity index (χ4n) is 4.76. The fourth-order valence-corrected chi connectivity index (χ4v) is 4.76. The average Bonchev–Trinajstić information content (AvgIpc) is 3.59. The highest BCUT2D eigenvalue weighted by Crippen LogP contribution is 2.32. The van der Waals surface area contributed by atoms with Gasteiger partial charge in [0, 0.05) is 18.3 Å². The van der Waals surface area contributed by atoms with E-state index < -0.39 is 17.8 Å². The molecule has 0 saturated heterocycles. The number of carbonyl (C=O) groups excluding carboxylic acids is 1. The van der Waals surface area contributed by atoms with Gasteiger partial charge in [-0.15, -0.1) is 0 Å². The van der Waals surface area contributed by atoms with Crippen LogP contribution < -0.4 is 10.6 Å². The lowest BCUT2D eigenvalue weighted by atomic mass is 9.78. The van der Waals surface area contributed by atoms with E-state index in [9.17, 15) is 14.7 Å². The SMILES string of the molecule is Cc1nc(-c2onc(C)c2CNc2nccc(-c3ccco3)n2)ccc1NC(=O)[C@H]1CCCC[C@@H]1C(=O)O. The predicted octanol–water partition coefficient (Wildman–Crippen LogP) is 4.85. The van der Waals surface area contributed by atoms with Crippen molar-refractivity contribution in [1.82, 2.24) is 20.1 Å². The summed E-state index contributed by atoms with van der Waals surface area (Å²) in [6.45, 7) is 3.97. The molecule has 11 heteroatoms. The maximum atomic E-state index is 12.9. The first-order chi connectivity index (χ1) is 18.4. The minimum Gasteiger partial charge on any atom is -0.481 e. The second-order valence-corrected chi connectivity index (χ2v) is 9.33. The Morgan fingerprint density at radius 3 is 2.58 bits per heavy atom. The Hall–Kier alpha value is -4.54. The third-order valence-corrected chi connectivity index (χ3v) is 6.83. The van der Waals surface area contributed by atoms with Crippen molar-refractivity contribution in [1.29, 1.82) is 0 Å². The topological polar surface area (TPSA) is 156 Å². The van der Waals surface area contributed by atoms with Gasteiger partial charge < -0.3 is 24.7 Å². The molecule has 0 aliphatic heterocycles. The van der Waals surface area contributed by atoms with Gasteiger partial charge in [0.1, 0.15) is 11.4 Å². The lowest BCUT2D eigenvalue weighted by Gasteiger charge is -2.27. The highest BCUT2D eigenvalue weighted by molar-refractivity contribution is 5.95. The van der Waals surface area contributed by atoms with Crippen molar-refractivity contribution in [2.75, 3.05) is 10.6 Å². The maximum Gasteiger partial charge on any atom is 0.307 e. The molecule has 0 radical (unpaired) electrons. The van der Waals surface area contributed by atoms with Crippen LogP contribution in [0.4, 0.5) is 11.6 Å². The van der Waals surface area contributed by atoms with E-state index in [1.807, 2.05) is 13.0 Å². The number of anilines is 2. The third-order valence-electron chi connectivity index (χ3n) is 6.83. The summed E-state index contributed by atoms with van der Waals surface area (Å²) < 4.78 is 11.0. The number of carboxylic acid groups (broad SMARTS) is 1. The molecule has 11 nitrogen and oxygen atoms in total. The minimum atomic E-state index is -0.921. The second kappa shape index (κ2) is 10.8. The number of hydrogen-bond acceptors (Lipinski definition) is 9. The lowest BCUT2D eigenvalue weighted by Crippen LogP contribution is -2.36. The van der Waals surface area contributed by atoms with E-state index >= 15 is 0 Å². The zero-order valence-corrected chi connectivity index (χ0v) is 21.1. The summed E-state index contributed by atoms with van der Waals surface area (Å²) in [5, 5.41) is 19.7. The Bertz CT molecular complexity index is 1450. The van der Waals surface area contributed by atoms with Crippen LogP contribution in [0.5, 0.6) is 0 Å². The summed E-state index contributed by atoms with van der Waals surface area (Å²) in [5.74, 6) is -0.852. The van der Waals surface area contributed by atoms with Gasteiger partial charge in [-0.3, -0.25) is 9.59 Å². The second-order valence-electron chi connectivity index (χ2n) is 9.33. The molecule has 2 atom stereocenters. The van der Waals surface area contributed by atoms with Gasteiger partial charge in [-0.2, -0.15) is 0 Å². The summed E-state index contributed by atoms with van der Waals surface area (Å²) in [4.78, 5) is 37.9. The largest absolute Gasteiger partial charge is 0.481 e. The maximum absolute atomic E-state index is 12.9. The van der Waals surface area contributed by atoms with Crippen LogP contribution in [0, 0.1) is 25.7 Å². The molecule has 1 aliphatic rings. The van der Waals surface area contributed by atoms with Crippen molar-refractivity contribution in [2.24, 2.45) is 11.8 Å². The number of nitrogens with zero attached hydrogens (tertiary/aromatic N) is 4. The number of carbonyl (C=O) groups is 2. The van der Waals surface area contributed by atoms with Crippen LogP contribution in [0.25, 0.3) is 22.9 Å². The van der Waals surface area contributed by atoms with Crippen LogP contribution in [-0.2, 0) is 16.1 Å². The number of pyridine rings is 1. The molecule has 4 heterocycles. The molecule has 1 amide bonds. The Balaban J connectivity index is 1.30. The number of hydrogen-bond donors (Lipinski definition) is 3. The first kappa shape index (κ1) is 25.1. The molecule has 0 unspecified atom stereocenters. The molecule has 0 aromatic carbocycles. The van der Waals surface area contributed by atoms with Crippen molar-refractivity contribution in [2.45, 2.75) is 46.1 Å². The molecule has 1 fully saturated rings. The molecule has 4 aromatic heterocycles. The van der Waals surface area contributed by atoms with Crippen LogP contribution in [-0.4, -0.2) is 37.1 Å². The van der Waals surface area contributed by atoms with Crippen LogP contribution in [0.3, 0.4) is 0 Å². The molecule has 0 spiro atoms. The predicted molar refractivity (Wildman–Crippen MR) is 138 cm³/mol. The van der Waals surface area contributed by atoms with Crippen LogP contribution in [0.1, 0.15) is 42.6 Å². The first-order valence-electron chi connectivity index (χ1n) is 12.5. The van der Waals surface area contributed by atoms with E-state index in [0.29, 0.717) is 65.3 Å². The molecular weight excluding hydrogens is 488 g/mol. The quantitative estimate of drug-likeness (QED) is 0.296. The van der Waals surface area contributed by atoms with Crippen molar-refractivity contribution in [3.05, 3.63) is 59.7 Å². The van der Waals surface area contributed by atoms with E-state index in [1.54, 1.807) is 43.6 Å². The number of rotatable bonds is 8. The number of carboxylic acids is 1. The van der Waals surface area contributed by atoms with E-state index in [0.717, 1.165) is 18.4 Å². The van der Waals surface area contributed by atoms with Crippen molar-refractivity contribution < 1.29 is 23.6 Å². The zero-order valence-electron chi connectivity index (χ0n) is 21.1. The van der Waals surface area contributed by atoms with Crippen LogP contribution in [0.2, 0.25) is 0 Å². The van der Waals surface area contributed by atoms with Crippen LogP contribution >= 0.6 is 0 Å². The van der Waals surface area contributed by atoms with Gasteiger partial charge in [-0.1, -0.05) is 18.0 Å². The van der Waals surface area contributed by atoms with Crippen molar-refractivity contribution >= 4 is 23.5 Å². The van der Waals surface area contributed by atoms with Gasteiger partial charge in [0.15, 0.2) is 11.5 Å². The summed E-state index contributed by atoms with van der Waals surface area (Å²) in [6, 6.07) is 8.89. The summed E-state index contributed by atoms with van der Waals surface area (Å²) >= 11 is 0. The van der Waals surface area contributed by atoms with Gasteiger partial charge in [0.2, 0.25) is 11.9 Å². The molecule has 1 saturated carbocycles. The number of nitrogens with one attached hydrogen (secondary N) is 2. The Morgan fingerprint density at radius 2 is 1.84 bits per heavy atom. The van der Waals surface area contributed by atoms with Gasteiger partial charge in [0.25, 0.3) is 0 Å². The number of aromatic nitrogens is 4. The Kier molecular flexibility index (Phi) is 7.16. The van der Waals surface area contributed by atoms with E-state index in [4.69, 9.17) is 8.94 Å². The molecule has 0 bridgehead atoms. The number of aryl methyl sites for hydroxylation is 2. The highest BCUT2D eigenvalue weighted by Gasteiger charge is 2.36. The number of amides is 1. The monoisotopic (exact) mass is 516 g/mol. The molecule has 5 rings (SSSR count). The molecule has 4 aromatic rings. The van der Waals surface area contributed by atoms with Gasteiger partial charge >= 0.3 is 5.97 Å². The molecule has 196 valence electrons. The smallest absolute Gasteiger partial charge is 0.307 e. The number of aliphatic carboxylic acids is 1. The minimum absolute atomic E-state index is 0.285.